The Morgan fingerprint density at radius 1 is 1.44 bits per heavy atom. The van der Waals surface area contributed by atoms with Gasteiger partial charge in [0.1, 0.15) is 5.15 Å². The van der Waals surface area contributed by atoms with Gasteiger partial charge in [0.25, 0.3) is 0 Å². The number of aromatic carboxylic acids is 1. The molecule has 1 aromatic carbocycles. The maximum Gasteiger partial charge on any atom is 0.354 e. The first kappa shape index (κ1) is 10.9. The molecule has 0 saturated heterocycles. The van der Waals surface area contributed by atoms with Crippen molar-refractivity contribution in [2.75, 3.05) is 0 Å². The van der Waals surface area contributed by atoms with Gasteiger partial charge in [0.05, 0.1) is 0 Å². The molecule has 0 aliphatic carbocycles. The van der Waals surface area contributed by atoms with Crippen molar-refractivity contribution >= 4 is 28.3 Å². The molecule has 0 atom stereocenters. The van der Waals surface area contributed by atoms with E-state index in [1.807, 2.05) is 25.1 Å². The lowest BCUT2D eigenvalue weighted by molar-refractivity contribution is 0.0690. The van der Waals surface area contributed by atoms with Gasteiger partial charge in [-0.25, -0.2) is 9.78 Å². The van der Waals surface area contributed by atoms with Crippen LogP contribution >= 0.6 is 11.6 Å². The third-order valence-corrected chi connectivity index (χ3v) is 2.77. The fourth-order valence-electron chi connectivity index (χ4n) is 1.58. The zero-order valence-electron chi connectivity index (χ0n) is 8.70. The van der Waals surface area contributed by atoms with Crippen LogP contribution in [0.25, 0.3) is 10.8 Å². The van der Waals surface area contributed by atoms with E-state index in [1.165, 1.54) is 6.07 Å². The molecule has 1 N–H and O–H groups in total. The first-order chi connectivity index (χ1) is 7.61. The predicted octanol–water partition coefficient (Wildman–Crippen LogP) is 3.15. The smallest absolute Gasteiger partial charge is 0.354 e. The van der Waals surface area contributed by atoms with Gasteiger partial charge in [-0.1, -0.05) is 30.7 Å². The first-order valence-electron chi connectivity index (χ1n) is 4.94. The van der Waals surface area contributed by atoms with E-state index in [4.69, 9.17) is 16.7 Å². The monoisotopic (exact) mass is 235 g/mol. The number of carbonyl (C=O) groups is 1. The van der Waals surface area contributed by atoms with E-state index in [9.17, 15) is 4.79 Å². The van der Waals surface area contributed by atoms with E-state index in [0.717, 1.165) is 22.8 Å². The molecule has 0 aliphatic rings. The molecule has 0 fully saturated rings. The van der Waals surface area contributed by atoms with Gasteiger partial charge in [0.2, 0.25) is 0 Å². The molecule has 82 valence electrons. The van der Waals surface area contributed by atoms with Crippen molar-refractivity contribution in [3.05, 3.63) is 40.7 Å². The minimum absolute atomic E-state index is 0.0262. The molecule has 2 rings (SSSR count). The fourth-order valence-corrected chi connectivity index (χ4v) is 1.84. The van der Waals surface area contributed by atoms with E-state index in [0.29, 0.717) is 0 Å². The van der Waals surface area contributed by atoms with Gasteiger partial charge in [0, 0.05) is 5.39 Å². The van der Waals surface area contributed by atoms with Gasteiger partial charge in [-0.15, -0.1) is 0 Å². The standard InChI is InChI=1S/C12H10ClNO2/c1-2-7-3-4-8-6-10(12(15)16)14-11(13)9(8)5-7/h3-6H,2H2,1H3,(H,15,16). The van der Waals surface area contributed by atoms with Crippen LogP contribution in [0.4, 0.5) is 0 Å². The largest absolute Gasteiger partial charge is 0.477 e. The zero-order chi connectivity index (χ0) is 11.7. The number of hydrogen-bond acceptors (Lipinski definition) is 2. The van der Waals surface area contributed by atoms with E-state index in [2.05, 4.69) is 4.98 Å². The Labute approximate surface area is 97.7 Å². The van der Waals surface area contributed by atoms with Crippen LogP contribution in [0.5, 0.6) is 0 Å². The highest BCUT2D eigenvalue weighted by Crippen LogP contribution is 2.24. The van der Waals surface area contributed by atoms with Gasteiger partial charge >= 0.3 is 5.97 Å². The summed E-state index contributed by atoms with van der Waals surface area (Å²) in [5.74, 6) is -1.07. The quantitative estimate of drug-likeness (QED) is 0.814. The van der Waals surface area contributed by atoms with Crippen LogP contribution in [0.1, 0.15) is 23.0 Å². The highest BCUT2D eigenvalue weighted by molar-refractivity contribution is 6.34. The summed E-state index contributed by atoms with van der Waals surface area (Å²) < 4.78 is 0. The zero-order valence-corrected chi connectivity index (χ0v) is 9.45. The number of aryl methyl sites for hydroxylation is 1. The molecule has 3 nitrogen and oxygen atoms in total. The summed E-state index contributed by atoms with van der Waals surface area (Å²) in [7, 11) is 0. The van der Waals surface area contributed by atoms with E-state index < -0.39 is 5.97 Å². The van der Waals surface area contributed by atoms with E-state index >= 15 is 0 Å². The van der Waals surface area contributed by atoms with Crippen LogP contribution in [-0.2, 0) is 6.42 Å². The molecular weight excluding hydrogens is 226 g/mol. The first-order valence-corrected chi connectivity index (χ1v) is 5.32. The molecule has 0 spiro atoms. The summed E-state index contributed by atoms with van der Waals surface area (Å²) in [6, 6.07) is 7.30. The molecule has 0 saturated carbocycles. The minimum Gasteiger partial charge on any atom is -0.477 e. The van der Waals surface area contributed by atoms with Crippen molar-refractivity contribution in [2.45, 2.75) is 13.3 Å². The van der Waals surface area contributed by atoms with Crippen LogP contribution in [-0.4, -0.2) is 16.1 Å². The molecule has 1 aromatic heterocycles. The summed E-state index contributed by atoms with van der Waals surface area (Å²) in [6.45, 7) is 2.05. The average Bonchev–Trinajstić information content (AvgIpc) is 2.28. The number of nitrogens with zero attached hydrogens (tertiary/aromatic N) is 1. The van der Waals surface area contributed by atoms with Crippen LogP contribution in [0.15, 0.2) is 24.3 Å². The number of benzene rings is 1. The predicted molar refractivity (Wildman–Crippen MR) is 63.1 cm³/mol. The second-order valence-electron chi connectivity index (χ2n) is 3.51. The molecule has 2 aromatic rings. The second kappa shape index (κ2) is 4.10. The molecular formula is C12H10ClNO2. The summed E-state index contributed by atoms with van der Waals surface area (Å²) in [6.07, 6.45) is 0.910. The summed E-state index contributed by atoms with van der Waals surface area (Å²) in [4.78, 5) is 14.6. The topological polar surface area (TPSA) is 50.2 Å². The number of rotatable bonds is 2. The Hall–Kier alpha value is -1.61. The van der Waals surface area contributed by atoms with Gasteiger partial charge in [-0.3, -0.25) is 0 Å². The number of carboxylic acid groups (broad SMARTS) is 1. The second-order valence-corrected chi connectivity index (χ2v) is 3.87. The van der Waals surface area contributed by atoms with Crippen molar-refractivity contribution < 1.29 is 9.90 Å². The maximum atomic E-state index is 10.8. The van der Waals surface area contributed by atoms with Crippen molar-refractivity contribution in [3.8, 4) is 0 Å². The van der Waals surface area contributed by atoms with Crippen molar-refractivity contribution in [1.82, 2.24) is 4.98 Å². The van der Waals surface area contributed by atoms with Crippen LogP contribution < -0.4 is 0 Å². The Morgan fingerprint density at radius 3 is 2.81 bits per heavy atom. The third kappa shape index (κ3) is 1.86. The molecule has 0 unspecified atom stereocenters. The van der Waals surface area contributed by atoms with Gasteiger partial charge < -0.3 is 5.11 Å². The van der Waals surface area contributed by atoms with Crippen molar-refractivity contribution in [3.63, 3.8) is 0 Å². The molecule has 0 aliphatic heterocycles. The molecule has 0 bridgehead atoms. The lowest BCUT2D eigenvalue weighted by atomic mass is 10.1. The maximum absolute atomic E-state index is 10.8. The highest BCUT2D eigenvalue weighted by Gasteiger charge is 2.09. The third-order valence-electron chi connectivity index (χ3n) is 2.48. The number of aromatic nitrogens is 1. The van der Waals surface area contributed by atoms with Crippen LogP contribution in [0.3, 0.4) is 0 Å². The number of halogens is 1. The summed E-state index contributed by atoms with van der Waals surface area (Å²) >= 11 is 5.96. The lowest BCUT2D eigenvalue weighted by Crippen LogP contribution is -2.00. The highest BCUT2D eigenvalue weighted by atomic mass is 35.5. The Morgan fingerprint density at radius 2 is 2.19 bits per heavy atom. The molecule has 4 heteroatoms. The Balaban J connectivity index is 2.71. The lowest BCUT2D eigenvalue weighted by Gasteiger charge is -2.04. The normalized spacial score (nSPS) is 10.6. The molecule has 16 heavy (non-hydrogen) atoms. The average molecular weight is 236 g/mol. The van der Waals surface area contributed by atoms with Gasteiger partial charge in [0.15, 0.2) is 5.69 Å². The van der Waals surface area contributed by atoms with Crippen LogP contribution in [0.2, 0.25) is 5.15 Å². The summed E-state index contributed by atoms with van der Waals surface area (Å²) in [5.41, 5.74) is 1.13. The number of pyridine rings is 1. The molecule has 0 radical (unpaired) electrons. The Kier molecular flexibility index (Phi) is 2.79. The molecule has 1 heterocycles. The fraction of sp³-hybridized carbons (Fsp3) is 0.167. The Bertz CT molecular complexity index is 566. The SMILES string of the molecule is CCc1ccc2cc(C(=O)O)nc(Cl)c2c1. The van der Waals surface area contributed by atoms with Gasteiger partial charge in [-0.2, -0.15) is 0 Å². The van der Waals surface area contributed by atoms with Crippen molar-refractivity contribution in [1.29, 1.82) is 0 Å². The number of hydrogen-bond donors (Lipinski definition) is 1. The molecule has 0 amide bonds. The summed E-state index contributed by atoms with van der Waals surface area (Å²) in [5, 5.41) is 10.7. The van der Waals surface area contributed by atoms with E-state index in [1.54, 1.807) is 0 Å². The van der Waals surface area contributed by atoms with Crippen LogP contribution in [0, 0.1) is 0 Å². The number of fused-ring (bicyclic) bond motifs is 1. The van der Waals surface area contributed by atoms with E-state index in [-0.39, 0.29) is 10.8 Å². The van der Waals surface area contributed by atoms with Crippen molar-refractivity contribution in [2.24, 2.45) is 0 Å². The minimum atomic E-state index is -1.07. The number of carboxylic acids is 1. The van der Waals surface area contributed by atoms with Gasteiger partial charge in [-0.05, 0) is 29.5 Å².